The molecule has 0 spiro atoms. The third kappa shape index (κ3) is 1.03. The molecule has 0 amide bonds. The predicted molar refractivity (Wildman–Crippen MR) is 46.0 cm³/mol. The van der Waals surface area contributed by atoms with Crippen LogP contribution in [0.25, 0.3) is 0 Å². The molecule has 3 saturated carbocycles. The van der Waals surface area contributed by atoms with Gasteiger partial charge in [-0.2, -0.15) is 0 Å². The van der Waals surface area contributed by atoms with Crippen LogP contribution >= 0.6 is 11.6 Å². The van der Waals surface area contributed by atoms with E-state index in [1.807, 2.05) is 0 Å². The van der Waals surface area contributed by atoms with Gasteiger partial charge in [-0.25, -0.2) is 0 Å². The Bertz CT molecular complexity index is 205. The number of alkyl halides is 1. The lowest BCUT2D eigenvalue weighted by molar-refractivity contribution is -0.580. The van der Waals surface area contributed by atoms with E-state index < -0.39 is 5.54 Å². The minimum absolute atomic E-state index is 0.0807. The quantitative estimate of drug-likeness (QED) is 0.361. The van der Waals surface area contributed by atoms with E-state index in [0.717, 1.165) is 19.3 Å². The van der Waals surface area contributed by atoms with E-state index in [4.69, 9.17) is 11.6 Å². The lowest BCUT2D eigenvalue weighted by Gasteiger charge is -2.44. The molecule has 3 nitrogen and oxygen atoms in total. The molecule has 2 bridgehead atoms. The molecule has 0 heterocycles. The molecule has 0 aliphatic heterocycles. The Morgan fingerprint density at radius 1 is 1.08 bits per heavy atom. The lowest BCUT2D eigenvalue weighted by atomic mass is 9.65. The molecule has 0 atom stereocenters. The molecule has 12 heavy (non-hydrogen) atoms. The van der Waals surface area contributed by atoms with Crippen molar-refractivity contribution < 1.29 is 4.92 Å². The highest BCUT2D eigenvalue weighted by molar-refractivity contribution is 6.24. The van der Waals surface area contributed by atoms with Crippen LogP contribution in [-0.2, 0) is 0 Å². The second-order valence-corrected chi connectivity index (χ2v) is 4.93. The molecule has 0 aromatic carbocycles. The van der Waals surface area contributed by atoms with Gasteiger partial charge in [0.15, 0.2) is 0 Å². The number of halogens is 1. The van der Waals surface area contributed by atoms with Crippen LogP contribution in [0.3, 0.4) is 0 Å². The van der Waals surface area contributed by atoms with E-state index in [2.05, 4.69) is 0 Å². The molecule has 0 N–H and O–H groups in total. The molecule has 3 rings (SSSR count). The summed E-state index contributed by atoms with van der Waals surface area (Å²) in [4.78, 5) is 10.6. The van der Waals surface area contributed by atoms with Crippen LogP contribution in [0.15, 0.2) is 0 Å². The fraction of sp³-hybridized carbons (Fsp3) is 1.00. The van der Waals surface area contributed by atoms with Crippen molar-refractivity contribution in [3.05, 3.63) is 10.1 Å². The normalized spacial score (nSPS) is 46.1. The minimum atomic E-state index is -0.601. The number of hydrogen-bond acceptors (Lipinski definition) is 2. The molecule has 3 aliphatic rings. The van der Waals surface area contributed by atoms with Crippen LogP contribution < -0.4 is 0 Å². The summed E-state index contributed by atoms with van der Waals surface area (Å²) < 4.78 is 0. The Labute approximate surface area is 76.2 Å². The smallest absolute Gasteiger partial charge is 0.222 e. The van der Waals surface area contributed by atoms with Crippen molar-refractivity contribution in [2.24, 2.45) is 0 Å². The Balaban J connectivity index is 2.20. The van der Waals surface area contributed by atoms with Gasteiger partial charge in [0.2, 0.25) is 5.54 Å². The third-order valence-corrected chi connectivity index (χ3v) is 4.07. The van der Waals surface area contributed by atoms with Crippen molar-refractivity contribution in [2.75, 3.05) is 0 Å². The Morgan fingerprint density at radius 2 is 1.50 bits per heavy atom. The minimum Gasteiger partial charge on any atom is -0.264 e. The lowest BCUT2D eigenvalue weighted by Crippen LogP contribution is -2.51. The van der Waals surface area contributed by atoms with Gasteiger partial charge in [-0.3, -0.25) is 10.1 Å². The van der Waals surface area contributed by atoms with Gasteiger partial charge in [-0.05, 0) is 19.3 Å². The standard InChI is InChI=1S/C8H12ClNO2/c9-7-1-4-8(5-2-7,6-3-7)10(11)12/h1-6H2. The zero-order valence-electron chi connectivity index (χ0n) is 6.88. The maximum Gasteiger partial charge on any atom is 0.222 e. The second-order valence-electron chi connectivity index (χ2n) is 4.13. The Morgan fingerprint density at radius 3 is 1.83 bits per heavy atom. The van der Waals surface area contributed by atoms with Gasteiger partial charge < -0.3 is 0 Å². The van der Waals surface area contributed by atoms with Crippen molar-refractivity contribution in [1.29, 1.82) is 0 Å². The number of fused-ring (bicyclic) bond motifs is 3. The first-order chi connectivity index (χ1) is 5.56. The summed E-state index contributed by atoms with van der Waals surface area (Å²) >= 11 is 6.24. The van der Waals surface area contributed by atoms with Crippen LogP contribution in [0.5, 0.6) is 0 Å². The van der Waals surface area contributed by atoms with E-state index in [1.54, 1.807) is 0 Å². The number of nitro groups is 1. The van der Waals surface area contributed by atoms with Crippen molar-refractivity contribution >= 4 is 11.6 Å². The summed E-state index contributed by atoms with van der Waals surface area (Å²) in [5, 5.41) is 10.8. The Hall–Kier alpha value is -0.310. The zero-order chi connectivity index (χ0) is 8.82. The van der Waals surface area contributed by atoms with Gasteiger partial charge in [-0.15, -0.1) is 11.6 Å². The van der Waals surface area contributed by atoms with Crippen LogP contribution in [0.2, 0.25) is 0 Å². The maximum absolute atomic E-state index is 10.8. The molecule has 0 unspecified atom stereocenters. The van der Waals surface area contributed by atoms with E-state index in [-0.39, 0.29) is 9.80 Å². The summed E-state index contributed by atoms with van der Waals surface area (Å²) in [6, 6.07) is 0. The largest absolute Gasteiger partial charge is 0.264 e. The molecule has 3 aliphatic carbocycles. The molecular formula is C8H12ClNO2. The second kappa shape index (κ2) is 2.34. The summed E-state index contributed by atoms with van der Waals surface area (Å²) in [7, 11) is 0. The molecule has 0 aromatic heterocycles. The van der Waals surface area contributed by atoms with Gasteiger partial charge in [0.25, 0.3) is 0 Å². The van der Waals surface area contributed by atoms with Gasteiger partial charge >= 0.3 is 0 Å². The first-order valence-corrected chi connectivity index (χ1v) is 4.78. The summed E-state index contributed by atoms with van der Waals surface area (Å²) in [5.41, 5.74) is -0.601. The van der Waals surface area contributed by atoms with Crippen molar-refractivity contribution in [2.45, 2.75) is 48.9 Å². The monoisotopic (exact) mass is 189 g/mol. The van der Waals surface area contributed by atoms with Gasteiger partial charge in [0.05, 0.1) is 0 Å². The first kappa shape index (κ1) is 8.30. The first-order valence-electron chi connectivity index (χ1n) is 4.40. The maximum atomic E-state index is 10.8. The summed E-state index contributed by atoms with van der Waals surface area (Å²) in [5.74, 6) is 0. The SMILES string of the molecule is O=[N+]([O-])C12CCC(Cl)(CC1)CC2. The highest BCUT2D eigenvalue weighted by atomic mass is 35.5. The van der Waals surface area contributed by atoms with Crippen molar-refractivity contribution in [3.63, 3.8) is 0 Å². The molecule has 4 heteroatoms. The molecule has 0 saturated heterocycles. The topological polar surface area (TPSA) is 43.1 Å². The Kier molecular flexibility index (Phi) is 1.62. The summed E-state index contributed by atoms with van der Waals surface area (Å²) in [6.45, 7) is 0. The van der Waals surface area contributed by atoms with Gasteiger partial charge in [-0.1, -0.05) is 0 Å². The van der Waals surface area contributed by atoms with Gasteiger partial charge in [0.1, 0.15) is 0 Å². The van der Waals surface area contributed by atoms with Crippen molar-refractivity contribution in [1.82, 2.24) is 0 Å². The van der Waals surface area contributed by atoms with E-state index >= 15 is 0 Å². The summed E-state index contributed by atoms with van der Waals surface area (Å²) in [6.07, 6.45) is 4.54. The highest BCUT2D eigenvalue weighted by Gasteiger charge is 2.55. The number of hydrogen-bond donors (Lipinski definition) is 0. The zero-order valence-corrected chi connectivity index (χ0v) is 7.64. The van der Waals surface area contributed by atoms with Crippen LogP contribution in [0, 0.1) is 10.1 Å². The predicted octanol–water partition coefficient (Wildman–Crippen LogP) is 2.35. The molecule has 3 fully saturated rings. The number of rotatable bonds is 1. The molecule has 68 valence electrons. The van der Waals surface area contributed by atoms with E-state index in [1.165, 1.54) is 0 Å². The molecule has 0 radical (unpaired) electrons. The van der Waals surface area contributed by atoms with Crippen LogP contribution in [-0.4, -0.2) is 15.3 Å². The van der Waals surface area contributed by atoms with E-state index in [9.17, 15) is 10.1 Å². The van der Waals surface area contributed by atoms with E-state index in [0.29, 0.717) is 19.3 Å². The number of nitrogens with zero attached hydrogens (tertiary/aromatic N) is 1. The van der Waals surface area contributed by atoms with Gasteiger partial charge in [0, 0.05) is 29.1 Å². The van der Waals surface area contributed by atoms with Crippen LogP contribution in [0.4, 0.5) is 0 Å². The highest BCUT2D eigenvalue weighted by Crippen LogP contribution is 2.51. The average molecular weight is 190 g/mol. The van der Waals surface area contributed by atoms with Crippen LogP contribution in [0.1, 0.15) is 38.5 Å². The average Bonchev–Trinajstić information content (AvgIpc) is 2.06. The molecule has 0 aromatic rings. The van der Waals surface area contributed by atoms with Crippen molar-refractivity contribution in [3.8, 4) is 0 Å². The fourth-order valence-electron chi connectivity index (χ4n) is 2.39. The fourth-order valence-corrected chi connectivity index (χ4v) is 2.68. The third-order valence-electron chi connectivity index (χ3n) is 3.50. The molecular weight excluding hydrogens is 178 g/mol.